The van der Waals surface area contributed by atoms with Gasteiger partial charge in [0.15, 0.2) is 12.4 Å². The van der Waals surface area contributed by atoms with Crippen LogP contribution in [0.4, 0.5) is 0 Å². The van der Waals surface area contributed by atoms with Gasteiger partial charge < -0.3 is 13.8 Å². The Morgan fingerprint density at radius 3 is 2.75 bits per heavy atom. The highest BCUT2D eigenvalue weighted by molar-refractivity contribution is 5.93. The molecule has 0 atom stereocenters. The van der Waals surface area contributed by atoms with Crippen LogP contribution >= 0.6 is 0 Å². The SMILES string of the molecule is CCn1c(=O)c(C)nc2cc(C(=O)OCc3nc(C)no3)ccc21. The van der Waals surface area contributed by atoms with Crippen molar-refractivity contribution in [3.63, 3.8) is 0 Å². The highest BCUT2D eigenvalue weighted by Crippen LogP contribution is 2.15. The number of aryl methyl sites for hydroxylation is 3. The summed E-state index contributed by atoms with van der Waals surface area (Å²) in [6.07, 6.45) is 0. The Hall–Kier alpha value is -3.03. The average molecular weight is 328 g/mol. The van der Waals surface area contributed by atoms with Gasteiger partial charge in [0.1, 0.15) is 5.69 Å². The lowest BCUT2D eigenvalue weighted by molar-refractivity contribution is 0.0430. The molecule has 24 heavy (non-hydrogen) atoms. The van der Waals surface area contributed by atoms with Crippen molar-refractivity contribution < 1.29 is 14.1 Å². The Kier molecular flexibility index (Phi) is 4.11. The van der Waals surface area contributed by atoms with Gasteiger partial charge in [-0.15, -0.1) is 0 Å². The van der Waals surface area contributed by atoms with Crippen molar-refractivity contribution in [3.05, 3.63) is 51.5 Å². The van der Waals surface area contributed by atoms with Gasteiger partial charge in [-0.25, -0.2) is 9.78 Å². The van der Waals surface area contributed by atoms with E-state index in [0.717, 1.165) is 0 Å². The van der Waals surface area contributed by atoms with Gasteiger partial charge in [0.05, 0.1) is 16.6 Å². The van der Waals surface area contributed by atoms with Crippen molar-refractivity contribution in [2.45, 2.75) is 33.9 Å². The van der Waals surface area contributed by atoms with Crippen molar-refractivity contribution in [2.24, 2.45) is 0 Å². The minimum absolute atomic E-state index is 0.0986. The first-order chi connectivity index (χ1) is 11.5. The maximum absolute atomic E-state index is 12.2. The first-order valence-corrected chi connectivity index (χ1v) is 7.47. The zero-order valence-electron chi connectivity index (χ0n) is 13.6. The molecule has 3 aromatic rings. The summed E-state index contributed by atoms with van der Waals surface area (Å²) in [7, 11) is 0. The number of aromatic nitrogens is 4. The molecule has 2 heterocycles. The number of esters is 1. The maximum atomic E-state index is 12.2. The van der Waals surface area contributed by atoms with E-state index in [-0.39, 0.29) is 18.1 Å². The van der Waals surface area contributed by atoms with E-state index in [0.29, 0.717) is 34.7 Å². The van der Waals surface area contributed by atoms with Gasteiger partial charge in [0.25, 0.3) is 11.4 Å². The Labute approximate surface area is 137 Å². The molecule has 0 saturated heterocycles. The Morgan fingerprint density at radius 1 is 1.29 bits per heavy atom. The minimum atomic E-state index is -0.526. The Morgan fingerprint density at radius 2 is 2.08 bits per heavy atom. The fourth-order valence-electron chi connectivity index (χ4n) is 2.42. The average Bonchev–Trinajstić information content (AvgIpc) is 2.99. The van der Waals surface area contributed by atoms with Crippen LogP contribution in [0.3, 0.4) is 0 Å². The Bertz CT molecular complexity index is 974. The lowest BCUT2D eigenvalue weighted by Crippen LogP contribution is -2.23. The number of rotatable bonds is 4. The molecule has 0 unspecified atom stereocenters. The van der Waals surface area contributed by atoms with Gasteiger partial charge in [-0.1, -0.05) is 5.16 Å². The number of ether oxygens (including phenoxy) is 1. The van der Waals surface area contributed by atoms with E-state index in [1.54, 1.807) is 36.6 Å². The van der Waals surface area contributed by atoms with E-state index in [1.165, 1.54) is 0 Å². The first kappa shape index (κ1) is 15.9. The largest absolute Gasteiger partial charge is 0.452 e. The molecule has 0 aliphatic carbocycles. The number of fused-ring (bicyclic) bond motifs is 1. The standard InChI is InChI=1S/C16H16N4O4/c1-4-20-13-6-5-11(7-12(13)17-9(2)15(20)21)16(22)23-8-14-18-10(3)19-24-14/h5-7H,4,8H2,1-3H3. The summed E-state index contributed by atoms with van der Waals surface area (Å²) >= 11 is 0. The van der Waals surface area contributed by atoms with Crippen molar-refractivity contribution in [1.82, 2.24) is 19.7 Å². The summed E-state index contributed by atoms with van der Waals surface area (Å²) in [5.74, 6) is 0.181. The molecule has 0 N–H and O–H groups in total. The van der Waals surface area contributed by atoms with Crippen LogP contribution in [0.15, 0.2) is 27.5 Å². The zero-order chi connectivity index (χ0) is 17.3. The molecule has 124 valence electrons. The summed E-state index contributed by atoms with van der Waals surface area (Å²) < 4.78 is 11.7. The van der Waals surface area contributed by atoms with Crippen molar-refractivity contribution in [1.29, 1.82) is 0 Å². The van der Waals surface area contributed by atoms with E-state index in [4.69, 9.17) is 9.26 Å². The molecular formula is C16H16N4O4. The zero-order valence-corrected chi connectivity index (χ0v) is 13.6. The van der Waals surface area contributed by atoms with Gasteiger partial charge in [0.2, 0.25) is 0 Å². The summed E-state index contributed by atoms with van der Waals surface area (Å²) in [6.45, 7) is 5.64. The monoisotopic (exact) mass is 328 g/mol. The fraction of sp³-hybridized carbons (Fsp3) is 0.312. The normalized spacial score (nSPS) is 11.0. The number of hydrogen-bond donors (Lipinski definition) is 0. The second-order valence-corrected chi connectivity index (χ2v) is 5.26. The van der Waals surface area contributed by atoms with Crippen LogP contribution < -0.4 is 5.56 Å². The van der Waals surface area contributed by atoms with E-state index < -0.39 is 5.97 Å². The molecule has 3 rings (SSSR count). The third kappa shape index (κ3) is 2.90. The van der Waals surface area contributed by atoms with Gasteiger partial charge in [0, 0.05) is 6.54 Å². The lowest BCUT2D eigenvalue weighted by atomic mass is 10.2. The summed E-state index contributed by atoms with van der Waals surface area (Å²) in [5, 5.41) is 3.63. The van der Waals surface area contributed by atoms with E-state index in [1.807, 2.05) is 6.92 Å². The molecule has 0 bridgehead atoms. The van der Waals surface area contributed by atoms with Crippen LogP contribution in [0, 0.1) is 13.8 Å². The molecule has 0 spiro atoms. The predicted octanol–water partition coefficient (Wildman–Crippen LogP) is 1.77. The van der Waals surface area contributed by atoms with Gasteiger partial charge >= 0.3 is 5.97 Å². The smallest absolute Gasteiger partial charge is 0.338 e. The predicted molar refractivity (Wildman–Crippen MR) is 84.6 cm³/mol. The number of carbonyl (C=O) groups is 1. The number of benzene rings is 1. The van der Waals surface area contributed by atoms with Crippen molar-refractivity contribution >= 4 is 17.0 Å². The molecule has 1 aromatic carbocycles. The summed E-state index contributed by atoms with van der Waals surface area (Å²) in [6, 6.07) is 4.90. The second kappa shape index (κ2) is 6.23. The second-order valence-electron chi connectivity index (χ2n) is 5.26. The Balaban J connectivity index is 1.88. The quantitative estimate of drug-likeness (QED) is 0.673. The summed E-state index contributed by atoms with van der Waals surface area (Å²) in [4.78, 5) is 32.5. The molecule has 0 aliphatic heterocycles. The highest BCUT2D eigenvalue weighted by atomic mass is 16.6. The van der Waals surface area contributed by atoms with Crippen LogP contribution in [-0.4, -0.2) is 25.7 Å². The molecule has 8 heteroatoms. The minimum Gasteiger partial charge on any atom is -0.452 e. The van der Waals surface area contributed by atoms with E-state index >= 15 is 0 Å². The molecule has 0 fully saturated rings. The van der Waals surface area contributed by atoms with Crippen LogP contribution in [0.5, 0.6) is 0 Å². The van der Waals surface area contributed by atoms with E-state index in [2.05, 4.69) is 15.1 Å². The molecule has 0 aliphatic rings. The third-order valence-corrected chi connectivity index (χ3v) is 3.56. The molecule has 0 radical (unpaired) electrons. The highest BCUT2D eigenvalue weighted by Gasteiger charge is 2.13. The third-order valence-electron chi connectivity index (χ3n) is 3.56. The van der Waals surface area contributed by atoms with Crippen LogP contribution in [0.25, 0.3) is 11.0 Å². The fourth-order valence-corrected chi connectivity index (χ4v) is 2.42. The molecular weight excluding hydrogens is 312 g/mol. The molecule has 0 amide bonds. The first-order valence-electron chi connectivity index (χ1n) is 7.47. The van der Waals surface area contributed by atoms with Crippen LogP contribution in [0.1, 0.15) is 34.7 Å². The number of nitrogens with zero attached hydrogens (tertiary/aromatic N) is 4. The number of hydrogen-bond acceptors (Lipinski definition) is 7. The van der Waals surface area contributed by atoms with Gasteiger partial charge in [-0.3, -0.25) is 4.79 Å². The van der Waals surface area contributed by atoms with Gasteiger partial charge in [-0.05, 0) is 39.0 Å². The van der Waals surface area contributed by atoms with E-state index in [9.17, 15) is 9.59 Å². The molecule has 0 saturated carbocycles. The summed E-state index contributed by atoms with van der Waals surface area (Å²) in [5.41, 5.74) is 1.84. The molecule has 2 aromatic heterocycles. The van der Waals surface area contributed by atoms with Crippen LogP contribution in [-0.2, 0) is 17.9 Å². The van der Waals surface area contributed by atoms with Crippen molar-refractivity contribution in [3.8, 4) is 0 Å². The topological polar surface area (TPSA) is 100 Å². The maximum Gasteiger partial charge on any atom is 0.338 e. The number of carbonyl (C=O) groups excluding carboxylic acids is 1. The lowest BCUT2D eigenvalue weighted by Gasteiger charge is -2.09. The van der Waals surface area contributed by atoms with Crippen LogP contribution in [0.2, 0.25) is 0 Å². The van der Waals surface area contributed by atoms with Crippen molar-refractivity contribution in [2.75, 3.05) is 0 Å². The molecule has 8 nitrogen and oxygen atoms in total. The van der Waals surface area contributed by atoms with Gasteiger partial charge in [-0.2, -0.15) is 4.98 Å².